The molecule has 1 N–H and O–H groups in total. The van der Waals surface area contributed by atoms with Crippen molar-refractivity contribution in [1.82, 2.24) is 0 Å². The topological polar surface area (TPSA) is 55.8 Å². The van der Waals surface area contributed by atoms with E-state index in [0.29, 0.717) is 34.1 Å². The molecule has 142 valence electrons. The third-order valence-electron chi connectivity index (χ3n) is 4.23. The highest BCUT2D eigenvalue weighted by molar-refractivity contribution is 6.09. The summed E-state index contributed by atoms with van der Waals surface area (Å²) < 4.78 is 11.9. The molecule has 0 fully saturated rings. The number of hydrogen-bond donors (Lipinski definition) is 1. The van der Waals surface area contributed by atoms with Gasteiger partial charge in [0.25, 0.3) is 0 Å². The van der Waals surface area contributed by atoms with Crippen molar-refractivity contribution in [2.24, 2.45) is 0 Å². The van der Waals surface area contributed by atoms with Gasteiger partial charge in [-0.25, -0.2) is 0 Å². The van der Waals surface area contributed by atoms with E-state index in [1.165, 1.54) is 12.1 Å². The summed E-state index contributed by atoms with van der Waals surface area (Å²) in [5.74, 6) is 2.22. The zero-order valence-electron chi connectivity index (χ0n) is 15.5. The van der Waals surface area contributed by atoms with Crippen molar-refractivity contribution in [3.8, 4) is 28.7 Å². The van der Waals surface area contributed by atoms with Gasteiger partial charge in [0.2, 0.25) is 0 Å². The Morgan fingerprint density at radius 2 is 1.03 bits per heavy atom. The molecule has 0 aliphatic heterocycles. The number of rotatable bonds is 6. The van der Waals surface area contributed by atoms with Gasteiger partial charge in [-0.05, 0) is 60.7 Å². The predicted octanol–water partition coefficient (Wildman–Crippen LogP) is 6.21. The maximum Gasteiger partial charge on any atom is 0.193 e. The van der Waals surface area contributed by atoms with Crippen LogP contribution in [0.25, 0.3) is 0 Å². The second-order valence-corrected chi connectivity index (χ2v) is 6.40. The molecule has 0 aliphatic carbocycles. The number of carbonyl (C=O) groups excluding carboxylic acids is 1. The van der Waals surface area contributed by atoms with Crippen molar-refractivity contribution in [2.75, 3.05) is 0 Å². The number of benzene rings is 4. The summed E-state index contributed by atoms with van der Waals surface area (Å²) in [7, 11) is 0. The molecule has 0 atom stereocenters. The summed E-state index contributed by atoms with van der Waals surface area (Å²) in [6.07, 6.45) is 0. The third kappa shape index (κ3) is 4.62. The van der Waals surface area contributed by atoms with Gasteiger partial charge in [-0.2, -0.15) is 0 Å². The monoisotopic (exact) mass is 382 g/mol. The van der Waals surface area contributed by atoms with E-state index in [0.717, 1.165) is 0 Å². The Balaban J connectivity index is 1.70. The summed E-state index contributed by atoms with van der Waals surface area (Å²) >= 11 is 0. The first-order valence-corrected chi connectivity index (χ1v) is 9.12. The van der Waals surface area contributed by atoms with Crippen LogP contribution in [-0.4, -0.2) is 10.9 Å². The van der Waals surface area contributed by atoms with Gasteiger partial charge >= 0.3 is 0 Å². The summed E-state index contributed by atoms with van der Waals surface area (Å²) in [5, 5.41) is 9.47. The standard InChI is InChI=1S/C25H18O4/c26-20-13-11-18(12-14-20)25(27)19-15-23(28-21-7-3-1-4-8-21)17-24(16-19)29-22-9-5-2-6-10-22/h1-17,26H. The van der Waals surface area contributed by atoms with E-state index in [1.54, 1.807) is 30.3 Å². The molecule has 0 heterocycles. The molecule has 0 radical (unpaired) electrons. The van der Waals surface area contributed by atoms with Gasteiger partial charge in [-0.3, -0.25) is 4.79 Å². The second-order valence-electron chi connectivity index (χ2n) is 6.40. The molecule has 0 aromatic heterocycles. The molecular weight excluding hydrogens is 364 g/mol. The van der Waals surface area contributed by atoms with Crippen molar-refractivity contribution in [3.05, 3.63) is 114 Å². The fourth-order valence-corrected chi connectivity index (χ4v) is 2.85. The first kappa shape index (κ1) is 18.3. The molecular formula is C25H18O4. The van der Waals surface area contributed by atoms with Gasteiger partial charge in [-0.1, -0.05) is 36.4 Å². The molecule has 0 unspecified atom stereocenters. The van der Waals surface area contributed by atoms with Crippen LogP contribution in [0.3, 0.4) is 0 Å². The molecule has 0 amide bonds. The number of carbonyl (C=O) groups is 1. The minimum Gasteiger partial charge on any atom is -0.508 e. The average Bonchev–Trinajstić information content (AvgIpc) is 2.75. The summed E-state index contributed by atoms with van der Waals surface area (Å²) in [6, 6.07) is 29.9. The average molecular weight is 382 g/mol. The normalized spacial score (nSPS) is 10.3. The molecule has 0 saturated carbocycles. The molecule has 4 heteroatoms. The van der Waals surface area contributed by atoms with Gasteiger partial charge in [0.15, 0.2) is 5.78 Å². The first-order valence-electron chi connectivity index (χ1n) is 9.12. The molecule has 0 saturated heterocycles. The highest BCUT2D eigenvalue weighted by Gasteiger charge is 2.14. The Morgan fingerprint density at radius 3 is 1.52 bits per heavy atom. The van der Waals surface area contributed by atoms with Gasteiger partial charge in [-0.15, -0.1) is 0 Å². The Morgan fingerprint density at radius 1 is 0.552 bits per heavy atom. The second kappa shape index (κ2) is 8.31. The van der Waals surface area contributed by atoms with Crippen LogP contribution in [0.1, 0.15) is 15.9 Å². The lowest BCUT2D eigenvalue weighted by molar-refractivity contribution is 0.103. The molecule has 0 bridgehead atoms. The van der Waals surface area contributed by atoms with Crippen molar-refractivity contribution in [2.45, 2.75) is 0 Å². The van der Waals surface area contributed by atoms with E-state index < -0.39 is 0 Å². The SMILES string of the molecule is O=C(c1ccc(O)cc1)c1cc(Oc2ccccc2)cc(Oc2ccccc2)c1. The number of ether oxygens (including phenoxy) is 2. The van der Waals surface area contributed by atoms with Crippen LogP contribution in [0, 0.1) is 0 Å². The number of phenols is 1. The molecule has 0 spiro atoms. The summed E-state index contributed by atoms with van der Waals surface area (Å²) in [5.41, 5.74) is 0.889. The van der Waals surface area contributed by atoms with E-state index in [9.17, 15) is 9.90 Å². The maximum atomic E-state index is 13.0. The zero-order valence-corrected chi connectivity index (χ0v) is 15.5. The van der Waals surface area contributed by atoms with Crippen molar-refractivity contribution in [1.29, 1.82) is 0 Å². The lowest BCUT2D eigenvalue weighted by atomic mass is 10.0. The highest BCUT2D eigenvalue weighted by atomic mass is 16.5. The molecule has 4 nitrogen and oxygen atoms in total. The van der Waals surface area contributed by atoms with Crippen LogP contribution in [-0.2, 0) is 0 Å². The largest absolute Gasteiger partial charge is 0.508 e. The quantitative estimate of drug-likeness (QED) is 0.403. The van der Waals surface area contributed by atoms with E-state index in [4.69, 9.17) is 9.47 Å². The van der Waals surface area contributed by atoms with Crippen LogP contribution in [0.4, 0.5) is 0 Å². The molecule has 29 heavy (non-hydrogen) atoms. The maximum absolute atomic E-state index is 13.0. The van der Waals surface area contributed by atoms with Crippen molar-refractivity contribution >= 4 is 5.78 Å². The number of hydrogen-bond acceptors (Lipinski definition) is 4. The smallest absolute Gasteiger partial charge is 0.193 e. The van der Waals surface area contributed by atoms with Gasteiger partial charge in [0.1, 0.15) is 28.7 Å². The number of ketones is 1. The Labute approximate surface area is 168 Å². The Bertz CT molecular complexity index is 1040. The van der Waals surface area contributed by atoms with Crippen LogP contribution in [0.5, 0.6) is 28.7 Å². The van der Waals surface area contributed by atoms with E-state index in [2.05, 4.69) is 0 Å². The fraction of sp³-hybridized carbons (Fsp3) is 0. The summed E-state index contributed by atoms with van der Waals surface area (Å²) in [6.45, 7) is 0. The number of aromatic hydroxyl groups is 1. The minimum absolute atomic E-state index is 0.107. The molecule has 0 aliphatic rings. The van der Waals surface area contributed by atoms with Gasteiger partial charge in [0.05, 0.1) is 0 Å². The van der Waals surface area contributed by atoms with E-state index >= 15 is 0 Å². The van der Waals surface area contributed by atoms with Crippen LogP contribution in [0.2, 0.25) is 0 Å². The van der Waals surface area contributed by atoms with Gasteiger partial charge < -0.3 is 14.6 Å². The Hall–Kier alpha value is -4.05. The predicted molar refractivity (Wildman–Crippen MR) is 111 cm³/mol. The van der Waals surface area contributed by atoms with Crippen molar-refractivity contribution < 1.29 is 19.4 Å². The van der Waals surface area contributed by atoms with Crippen molar-refractivity contribution in [3.63, 3.8) is 0 Å². The van der Waals surface area contributed by atoms with Crippen LogP contribution >= 0.6 is 0 Å². The zero-order chi connectivity index (χ0) is 20.1. The van der Waals surface area contributed by atoms with Gasteiger partial charge in [0, 0.05) is 17.2 Å². The fourth-order valence-electron chi connectivity index (χ4n) is 2.85. The van der Waals surface area contributed by atoms with E-state index in [1.807, 2.05) is 60.7 Å². The van der Waals surface area contributed by atoms with Crippen LogP contribution < -0.4 is 9.47 Å². The molecule has 4 aromatic rings. The molecule has 4 rings (SSSR count). The number of phenolic OH excluding ortho intramolecular Hbond substituents is 1. The lowest BCUT2D eigenvalue weighted by Gasteiger charge is -2.12. The summed E-state index contributed by atoms with van der Waals surface area (Å²) in [4.78, 5) is 13.0. The minimum atomic E-state index is -0.193. The number of para-hydroxylation sites is 2. The van der Waals surface area contributed by atoms with Crippen LogP contribution in [0.15, 0.2) is 103 Å². The highest BCUT2D eigenvalue weighted by Crippen LogP contribution is 2.31. The third-order valence-corrected chi connectivity index (χ3v) is 4.23. The Kier molecular flexibility index (Phi) is 5.25. The first-order chi connectivity index (χ1) is 14.2. The van der Waals surface area contributed by atoms with E-state index in [-0.39, 0.29) is 11.5 Å². The lowest BCUT2D eigenvalue weighted by Crippen LogP contribution is -2.02. The molecule has 4 aromatic carbocycles.